The van der Waals surface area contributed by atoms with Crippen LogP contribution in [0.1, 0.15) is 19.3 Å². The lowest BCUT2D eigenvalue weighted by Crippen LogP contribution is -2.46. The van der Waals surface area contributed by atoms with E-state index in [0.29, 0.717) is 17.5 Å². The van der Waals surface area contributed by atoms with Crippen LogP contribution < -0.4 is 21.6 Å². The van der Waals surface area contributed by atoms with Gasteiger partial charge in [-0.2, -0.15) is 5.26 Å². The highest BCUT2D eigenvalue weighted by Crippen LogP contribution is 2.31. The number of benzene rings is 1. The van der Waals surface area contributed by atoms with E-state index < -0.39 is 5.63 Å². The number of unbranched alkanes of at least 4 members (excludes halogenated alkanes) is 1. The first-order chi connectivity index (χ1) is 16.1. The molecule has 33 heavy (non-hydrogen) atoms. The van der Waals surface area contributed by atoms with Crippen molar-refractivity contribution in [1.29, 1.82) is 5.26 Å². The Morgan fingerprint density at radius 1 is 1.18 bits per heavy atom. The minimum atomic E-state index is -0.483. The lowest BCUT2D eigenvalue weighted by atomic mass is 9.86. The van der Waals surface area contributed by atoms with E-state index in [-0.39, 0.29) is 5.69 Å². The molecular weight excluding hydrogens is 414 g/mol. The molecule has 1 aromatic heterocycles. The molecule has 3 aliphatic rings. The zero-order chi connectivity index (χ0) is 22.8. The number of nitriles is 1. The Labute approximate surface area is 193 Å². The summed E-state index contributed by atoms with van der Waals surface area (Å²) >= 11 is 0. The molecule has 2 unspecified atom stereocenters. The molecule has 2 atom stereocenters. The number of anilines is 2. The molecule has 0 amide bonds. The lowest BCUT2D eigenvalue weighted by molar-refractivity contribution is 0.253. The van der Waals surface area contributed by atoms with Crippen molar-refractivity contribution < 1.29 is 4.42 Å². The van der Waals surface area contributed by atoms with Crippen LogP contribution in [0.4, 0.5) is 11.4 Å². The van der Waals surface area contributed by atoms with Gasteiger partial charge in [0, 0.05) is 48.7 Å². The van der Waals surface area contributed by atoms with E-state index in [9.17, 15) is 10.1 Å². The van der Waals surface area contributed by atoms with Gasteiger partial charge in [-0.3, -0.25) is 4.90 Å². The molecule has 3 N–H and O–H groups in total. The van der Waals surface area contributed by atoms with E-state index in [2.05, 4.69) is 39.5 Å². The van der Waals surface area contributed by atoms with E-state index in [1.165, 1.54) is 12.0 Å². The highest BCUT2D eigenvalue weighted by molar-refractivity contribution is 5.83. The summed E-state index contributed by atoms with van der Waals surface area (Å²) in [5.74, 6) is 0.332. The topological polar surface area (TPSA) is 98.5 Å². The van der Waals surface area contributed by atoms with Crippen LogP contribution in [0.3, 0.4) is 0 Å². The van der Waals surface area contributed by atoms with Crippen LogP contribution in [0.25, 0.3) is 11.0 Å². The van der Waals surface area contributed by atoms with Gasteiger partial charge in [0.2, 0.25) is 0 Å². The molecule has 3 heterocycles. The van der Waals surface area contributed by atoms with Gasteiger partial charge in [0.25, 0.3) is 0 Å². The molecule has 2 aromatic rings. The second-order valence-electron chi connectivity index (χ2n) is 9.03. The number of nitrogen functional groups attached to an aromatic ring is 1. The quantitative estimate of drug-likeness (QED) is 0.523. The Morgan fingerprint density at radius 3 is 2.85 bits per heavy atom. The van der Waals surface area contributed by atoms with Crippen molar-refractivity contribution in [3.63, 3.8) is 0 Å². The van der Waals surface area contributed by atoms with Crippen LogP contribution in [0.15, 0.2) is 69.1 Å². The monoisotopic (exact) mass is 443 g/mol. The molecule has 2 aliphatic heterocycles. The smallest absolute Gasteiger partial charge is 0.359 e. The van der Waals surface area contributed by atoms with Crippen molar-refractivity contribution in [3.8, 4) is 6.07 Å². The van der Waals surface area contributed by atoms with Gasteiger partial charge in [0.05, 0.1) is 12.1 Å². The van der Waals surface area contributed by atoms with Gasteiger partial charge in [-0.1, -0.05) is 12.2 Å². The average molecular weight is 444 g/mol. The summed E-state index contributed by atoms with van der Waals surface area (Å²) in [6, 6.07) is 10.2. The standard InChI is InChI=1S/C26H29N5O2/c27-16-18-4-6-24-22(13-18)19(17-29-24)3-1-2-8-30-9-11-31(12-10-30)21-5-7-25-20(14-21)15-23(28)26(32)33-25/h4-7,13-15,17,22,24,29H,1-3,8-12,28H2. The first-order valence-corrected chi connectivity index (χ1v) is 11.7. The number of hydrogen-bond acceptors (Lipinski definition) is 7. The number of rotatable bonds is 6. The van der Waals surface area contributed by atoms with Crippen LogP contribution in [-0.4, -0.2) is 43.7 Å². The van der Waals surface area contributed by atoms with Crippen molar-refractivity contribution in [2.24, 2.45) is 5.92 Å². The second kappa shape index (κ2) is 9.16. The fourth-order valence-corrected chi connectivity index (χ4v) is 5.01. The van der Waals surface area contributed by atoms with Gasteiger partial charge >= 0.3 is 5.63 Å². The normalized spacial score (nSPS) is 22.5. The molecule has 7 heteroatoms. The van der Waals surface area contributed by atoms with Crippen LogP contribution in [0.5, 0.6) is 0 Å². The maximum atomic E-state index is 11.6. The Bertz CT molecular complexity index is 1230. The maximum absolute atomic E-state index is 11.6. The molecule has 5 rings (SSSR count). The maximum Gasteiger partial charge on any atom is 0.359 e. The number of allylic oxidation sites excluding steroid dienone is 2. The summed E-state index contributed by atoms with van der Waals surface area (Å²) in [5.41, 5.74) is 9.27. The molecule has 0 radical (unpaired) electrons. The van der Waals surface area contributed by atoms with Crippen molar-refractivity contribution in [3.05, 3.63) is 70.3 Å². The molecule has 1 aromatic carbocycles. The van der Waals surface area contributed by atoms with Crippen LogP contribution in [-0.2, 0) is 0 Å². The molecular formula is C26H29N5O2. The number of nitrogens with one attached hydrogen (secondary N) is 1. The van der Waals surface area contributed by atoms with E-state index in [1.807, 2.05) is 24.3 Å². The Hall–Kier alpha value is -3.50. The summed E-state index contributed by atoms with van der Waals surface area (Å²) in [4.78, 5) is 16.5. The fourth-order valence-electron chi connectivity index (χ4n) is 5.01. The molecule has 0 spiro atoms. The molecule has 1 aliphatic carbocycles. The molecule has 1 fully saturated rings. The summed E-state index contributed by atoms with van der Waals surface area (Å²) in [6.45, 7) is 5.15. The Morgan fingerprint density at radius 2 is 2.03 bits per heavy atom. The first-order valence-electron chi connectivity index (χ1n) is 11.7. The third-order valence-corrected chi connectivity index (χ3v) is 6.92. The lowest BCUT2D eigenvalue weighted by Gasteiger charge is -2.36. The minimum Gasteiger partial charge on any atom is -0.421 e. The third kappa shape index (κ3) is 4.53. The highest BCUT2D eigenvalue weighted by atomic mass is 16.4. The predicted molar refractivity (Wildman–Crippen MR) is 131 cm³/mol. The van der Waals surface area contributed by atoms with Gasteiger partial charge in [0.1, 0.15) is 11.3 Å². The van der Waals surface area contributed by atoms with Crippen LogP contribution in [0.2, 0.25) is 0 Å². The van der Waals surface area contributed by atoms with Gasteiger partial charge in [-0.05, 0) is 67.9 Å². The van der Waals surface area contributed by atoms with Crippen molar-refractivity contribution in [2.45, 2.75) is 25.3 Å². The predicted octanol–water partition coefficient (Wildman–Crippen LogP) is 3.16. The minimum absolute atomic E-state index is 0.144. The molecule has 0 saturated carbocycles. The zero-order valence-corrected chi connectivity index (χ0v) is 18.7. The Kier molecular flexibility index (Phi) is 5.93. The van der Waals surface area contributed by atoms with Crippen LogP contribution in [0, 0.1) is 17.2 Å². The van der Waals surface area contributed by atoms with E-state index >= 15 is 0 Å². The largest absolute Gasteiger partial charge is 0.421 e. The fraction of sp³-hybridized carbons (Fsp3) is 0.385. The van der Waals surface area contributed by atoms with E-state index in [4.69, 9.17) is 10.2 Å². The summed E-state index contributed by atoms with van der Waals surface area (Å²) in [5, 5.41) is 13.5. The summed E-state index contributed by atoms with van der Waals surface area (Å²) < 4.78 is 5.25. The van der Waals surface area contributed by atoms with E-state index in [1.54, 1.807) is 6.07 Å². The van der Waals surface area contributed by atoms with Gasteiger partial charge in [0.15, 0.2) is 0 Å². The highest BCUT2D eigenvalue weighted by Gasteiger charge is 2.28. The summed E-state index contributed by atoms with van der Waals surface area (Å²) in [6.07, 6.45) is 11.7. The molecule has 170 valence electrons. The summed E-state index contributed by atoms with van der Waals surface area (Å²) in [7, 11) is 0. The number of nitrogens with two attached hydrogens (primary N) is 1. The van der Waals surface area contributed by atoms with E-state index in [0.717, 1.165) is 62.2 Å². The molecule has 0 bridgehead atoms. The van der Waals surface area contributed by atoms with Gasteiger partial charge in [-0.15, -0.1) is 0 Å². The van der Waals surface area contributed by atoms with Gasteiger partial charge < -0.3 is 20.4 Å². The first kappa shape index (κ1) is 21.4. The number of fused-ring (bicyclic) bond motifs is 2. The SMILES string of the molecule is N#CC1=CC2C(CCCCN3CCN(c4ccc5oc(=O)c(N)cc5c4)CC3)=CNC2C=C1. The van der Waals surface area contributed by atoms with Crippen molar-refractivity contribution >= 4 is 22.3 Å². The zero-order valence-electron chi connectivity index (χ0n) is 18.7. The molecule has 1 saturated heterocycles. The van der Waals surface area contributed by atoms with Crippen molar-refractivity contribution in [1.82, 2.24) is 10.2 Å². The number of nitrogens with zero attached hydrogens (tertiary/aromatic N) is 3. The Balaban J connectivity index is 1.08. The second-order valence-corrected chi connectivity index (χ2v) is 9.03. The number of hydrogen-bond donors (Lipinski definition) is 2. The molecule has 7 nitrogen and oxygen atoms in total. The average Bonchev–Trinajstić information content (AvgIpc) is 3.25. The van der Waals surface area contributed by atoms with Crippen LogP contribution >= 0.6 is 0 Å². The number of piperazine rings is 1. The van der Waals surface area contributed by atoms with Gasteiger partial charge in [-0.25, -0.2) is 4.79 Å². The van der Waals surface area contributed by atoms with Crippen molar-refractivity contribution in [2.75, 3.05) is 43.4 Å². The third-order valence-electron chi connectivity index (χ3n) is 6.92.